The summed E-state index contributed by atoms with van der Waals surface area (Å²) in [5.74, 6) is 0.0667. The van der Waals surface area contributed by atoms with Crippen molar-refractivity contribution < 1.29 is 4.79 Å². The lowest BCUT2D eigenvalue weighted by molar-refractivity contribution is -0.135. The van der Waals surface area contributed by atoms with Crippen LogP contribution in [-0.4, -0.2) is 23.4 Å². The third-order valence-electron chi connectivity index (χ3n) is 3.64. The summed E-state index contributed by atoms with van der Waals surface area (Å²) in [6.07, 6.45) is 0.929. The lowest BCUT2D eigenvalue weighted by atomic mass is 9.86. The minimum absolute atomic E-state index is 0.0667. The zero-order valence-electron chi connectivity index (χ0n) is 11.4. The first kappa shape index (κ1) is 13.1. The molecule has 1 aromatic carbocycles. The molecule has 0 saturated heterocycles. The number of carbonyl (C=O) groups is 1. The Balaban J connectivity index is 2.12. The molecule has 0 aromatic heterocycles. The number of fused-ring (bicyclic) bond motifs is 1. The van der Waals surface area contributed by atoms with E-state index in [0.29, 0.717) is 6.54 Å². The summed E-state index contributed by atoms with van der Waals surface area (Å²) < 4.78 is 0. The van der Waals surface area contributed by atoms with Gasteiger partial charge < -0.3 is 10.6 Å². The number of benzene rings is 1. The van der Waals surface area contributed by atoms with Crippen LogP contribution >= 0.6 is 0 Å². The molecule has 1 heterocycles. The molecule has 0 aliphatic carbocycles. The van der Waals surface area contributed by atoms with E-state index in [9.17, 15) is 4.79 Å². The Hall–Kier alpha value is -1.35. The summed E-state index contributed by atoms with van der Waals surface area (Å²) in [6.45, 7) is 7.49. The molecule has 98 valence electrons. The number of nitrogens with two attached hydrogens (primary N) is 1. The molecule has 1 unspecified atom stereocenters. The zero-order valence-corrected chi connectivity index (χ0v) is 11.4. The predicted octanol–water partition coefficient (Wildman–Crippen LogP) is 1.94. The SMILES string of the molecule is CC(C)(C)C(N)C(=O)N1CCc2ccccc2C1. The van der Waals surface area contributed by atoms with Gasteiger partial charge in [-0.1, -0.05) is 45.0 Å². The highest BCUT2D eigenvalue weighted by molar-refractivity contribution is 5.82. The fourth-order valence-electron chi connectivity index (χ4n) is 2.25. The maximum Gasteiger partial charge on any atom is 0.240 e. The summed E-state index contributed by atoms with van der Waals surface area (Å²) in [4.78, 5) is 14.2. The highest BCUT2D eigenvalue weighted by Gasteiger charge is 2.32. The molecular weight excluding hydrogens is 224 g/mol. The van der Waals surface area contributed by atoms with E-state index in [1.165, 1.54) is 11.1 Å². The first-order chi connectivity index (χ1) is 8.39. The normalized spacial score (nSPS) is 17.2. The maximum atomic E-state index is 12.4. The van der Waals surface area contributed by atoms with Crippen molar-refractivity contribution in [2.75, 3.05) is 6.54 Å². The van der Waals surface area contributed by atoms with Crippen LogP contribution in [0.2, 0.25) is 0 Å². The molecule has 2 rings (SSSR count). The van der Waals surface area contributed by atoms with E-state index < -0.39 is 6.04 Å². The van der Waals surface area contributed by atoms with Crippen molar-refractivity contribution in [1.82, 2.24) is 4.90 Å². The van der Waals surface area contributed by atoms with Crippen LogP contribution in [0.5, 0.6) is 0 Å². The van der Waals surface area contributed by atoms with Gasteiger partial charge >= 0.3 is 0 Å². The Kier molecular flexibility index (Phi) is 3.44. The van der Waals surface area contributed by atoms with Crippen LogP contribution in [0.3, 0.4) is 0 Å². The van der Waals surface area contributed by atoms with Crippen LogP contribution in [0.25, 0.3) is 0 Å². The van der Waals surface area contributed by atoms with E-state index in [-0.39, 0.29) is 11.3 Å². The first-order valence-corrected chi connectivity index (χ1v) is 6.51. The molecule has 0 radical (unpaired) electrons. The second kappa shape index (κ2) is 4.73. The van der Waals surface area contributed by atoms with Crippen LogP contribution < -0.4 is 5.73 Å². The molecule has 0 bridgehead atoms. The van der Waals surface area contributed by atoms with Crippen LogP contribution in [0.15, 0.2) is 24.3 Å². The third kappa shape index (κ3) is 2.56. The van der Waals surface area contributed by atoms with Gasteiger partial charge in [0.2, 0.25) is 5.91 Å². The molecule has 1 atom stereocenters. The van der Waals surface area contributed by atoms with Crippen molar-refractivity contribution in [2.24, 2.45) is 11.1 Å². The fourth-order valence-corrected chi connectivity index (χ4v) is 2.25. The van der Waals surface area contributed by atoms with Crippen molar-refractivity contribution >= 4 is 5.91 Å². The number of rotatable bonds is 1. The molecule has 3 heteroatoms. The van der Waals surface area contributed by atoms with Gasteiger partial charge in [-0.3, -0.25) is 4.79 Å². The van der Waals surface area contributed by atoms with E-state index in [0.717, 1.165) is 13.0 Å². The topological polar surface area (TPSA) is 46.3 Å². The number of hydrogen-bond donors (Lipinski definition) is 1. The maximum absolute atomic E-state index is 12.4. The summed E-state index contributed by atoms with van der Waals surface area (Å²) in [7, 11) is 0. The van der Waals surface area contributed by atoms with Gasteiger partial charge in [0.05, 0.1) is 6.04 Å². The molecule has 1 amide bonds. The van der Waals surface area contributed by atoms with Gasteiger partial charge in [0.1, 0.15) is 0 Å². The average molecular weight is 246 g/mol. The molecule has 3 nitrogen and oxygen atoms in total. The standard InChI is InChI=1S/C15H22N2O/c1-15(2,3)13(16)14(18)17-9-8-11-6-4-5-7-12(11)10-17/h4-7,13H,8-10,16H2,1-3H3. The molecule has 0 fully saturated rings. The van der Waals surface area contributed by atoms with Crippen molar-refractivity contribution in [3.63, 3.8) is 0 Å². The summed E-state index contributed by atoms with van der Waals surface area (Å²) in [6, 6.07) is 7.88. The van der Waals surface area contributed by atoms with Gasteiger partial charge in [0, 0.05) is 13.1 Å². The minimum Gasteiger partial charge on any atom is -0.337 e. The van der Waals surface area contributed by atoms with Crippen LogP contribution in [-0.2, 0) is 17.8 Å². The van der Waals surface area contributed by atoms with Gasteiger partial charge in [-0.05, 0) is 23.0 Å². The number of amides is 1. The lowest BCUT2D eigenvalue weighted by Gasteiger charge is -2.34. The monoisotopic (exact) mass is 246 g/mol. The zero-order chi connectivity index (χ0) is 13.3. The molecule has 0 saturated carbocycles. The van der Waals surface area contributed by atoms with Gasteiger partial charge in [-0.15, -0.1) is 0 Å². The van der Waals surface area contributed by atoms with Crippen molar-refractivity contribution in [3.05, 3.63) is 35.4 Å². The van der Waals surface area contributed by atoms with Gasteiger partial charge in [-0.25, -0.2) is 0 Å². The second-order valence-electron chi connectivity index (χ2n) is 6.12. The second-order valence-corrected chi connectivity index (χ2v) is 6.12. The summed E-state index contributed by atoms with van der Waals surface area (Å²) in [5.41, 5.74) is 8.47. The first-order valence-electron chi connectivity index (χ1n) is 6.51. The molecule has 2 N–H and O–H groups in total. The van der Waals surface area contributed by atoms with Gasteiger partial charge in [0.25, 0.3) is 0 Å². The smallest absolute Gasteiger partial charge is 0.240 e. The molecule has 1 aliphatic heterocycles. The molecule has 18 heavy (non-hydrogen) atoms. The van der Waals surface area contributed by atoms with Crippen LogP contribution in [0.4, 0.5) is 0 Å². The van der Waals surface area contributed by atoms with Crippen LogP contribution in [0, 0.1) is 5.41 Å². The largest absolute Gasteiger partial charge is 0.337 e. The minimum atomic E-state index is -0.428. The number of hydrogen-bond acceptors (Lipinski definition) is 2. The van der Waals surface area contributed by atoms with E-state index >= 15 is 0 Å². The highest BCUT2D eigenvalue weighted by atomic mass is 16.2. The summed E-state index contributed by atoms with van der Waals surface area (Å²) in [5, 5.41) is 0. The van der Waals surface area contributed by atoms with E-state index in [4.69, 9.17) is 5.73 Å². The van der Waals surface area contributed by atoms with Crippen LogP contribution in [0.1, 0.15) is 31.9 Å². The molecule has 1 aromatic rings. The Morgan fingerprint density at radius 1 is 1.28 bits per heavy atom. The Morgan fingerprint density at radius 3 is 2.50 bits per heavy atom. The lowest BCUT2D eigenvalue weighted by Crippen LogP contribution is -2.51. The highest BCUT2D eigenvalue weighted by Crippen LogP contribution is 2.23. The fraction of sp³-hybridized carbons (Fsp3) is 0.533. The third-order valence-corrected chi connectivity index (χ3v) is 3.64. The van der Waals surface area contributed by atoms with Crippen molar-refractivity contribution in [3.8, 4) is 0 Å². The van der Waals surface area contributed by atoms with E-state index in [2.05, 4.69) is 18.2 Å². The van der Waals surface area contributed by atoms with Gasteiger partial charge in [-0.2, -0.15) is 0 Å². The number of carbonyl (C=O) groups excluding carboxylic acids is 1. The van der Waals surface area contributed by atoms with Gasteiger partial charge in [0.15, 0.2) is 0 Å². The summed E-state index contributed by atoms with van der Waals surface area (Å²) >= 11 is 0. The van der Waals surface area contributed by atoms with Crippen molar-refractivity contribution in [2.45, 2.75) is 39.8 Å². The predicted molar refractivity (Wildman–Crippen MR) is 73.0 cm³/mol. The Morgan fingerprint density at radius 2 is 1.89 bits per heavy atom. The van der Waals surface area contributed by atoms with Crippen molar-refractivity contribution in [1.29, 1.82) is 0 Å². The molecule has 1 aliphatic rings. The van der Waals surface area contributed by atoms with E-state index in [1.54, 1.807) is 0 Å². The molecule has 0 spiro atoms. The molecular formula is C15H22N2O. The average Bonchev–Trinajstić information content (AvgIpc) is 2.35. The Bertz CT molecular complexity index is 448. The number of nitrogens with zero attached hydrogens (tertiary/aromatic N) is 1. The van der Waals surface area contributed by atoms with E-state index in [1.807, 2.05) is 31.7 Å². The quantitative estimate of drug-likeness (QED) is 0.823. The Labute approximate surface area is 109 Å².